The first-order chi connectivity index (χ1) is 15.5. The van der Waals surface area contributed by atoms with Crippen molar-refractivity contribution in [1.29, 1.82) is 0 Å². The van der Waals surface area contributed by atoms with Gasteiger partial charge < -0.3 is 0 Å². The number of rotatable bonds is 12. The molecule has 0 saturated heterocycles. The van der Waals surface area contributed by atoms with Gasteiger partial charge in [0.15, 0.2) is 0 Å². The zero-order valence-corrected chi connectivity index (χ0v) is 30.4. The Balaban J connectivity index is -0.0000000461. The second kappa shape index (κ2) is 83.4. The molecule has 0 unspecified atom stereocenters. The van der Waals surface area contributed by atoms with E-state index in [-0.39, 0.29) is 46.7 Å². The van der Waals surface area contributed by atoms with E-state index in [2.05, 4.69) is 17.4 Å². The van der Waals surface area contributed by atoms with Crippen LogP contribution in [0.3, 0.4) is 0 Å². The summed E-state index contributed by atoms with van der Waals surface area (Å²) in [6.07, 6.45) is 0. The zero-order chi connectivity index (χ0) is 26.7. The molecule has 0 aliphatic heterocycles. The van der Waals surface area contributed by atoms with Crippen molar-refractivity contribution in [3.63, 3.8) is 0 Å². The predicted octanol–water partition coefficient (Wildman–Crippen LogP) is -2.37. The maximum absolute atomic E-state index is 9.11. The summed E-state index contributed by atoms with van der Waals surface area (Å²) in [7, 11) is 0. The Morgan fingerprint density at radius 2 is 0.312 bits per heavy atom. The van der Waals surface area contributed by atoms with Gasteiger partial charge in [-0.2, -0.15) is 0 Å². The van der Waals surface area contributed by atoms with E-state index < -0.39 is 183 Å². The third-order valence-corrected chi connectivity index (χ3v) is 4.25. The van der Waals surface area contributed by atoms with Gasteiger partial charge in [-0.3, -0.25) is 0 Å². The van der Waals surface area contributed by atoms with Crippen molar-refractivity contribution in [2.75, 3.05) is 0 Å². The van der Waals surface area contributed by atoms with Crippen LogP contribution in [0.1, 0.15) is 0 Å². The fraction of sp³-hybridized carbons (Fsp3) is 0. The molecule has 0 bridgehead atoms. The van der Waals surface area contributed by atoms with Crippen LogP contribution in [0.4, 0.5) is 0 Å². The quantitative estimate of drug-likeness (QED) is 0.185. The van der Waals surface area contributed by atoms with Gasteiger partial charge in [-0.05, 0) is 0 Å². The summed E-state index contributed by atoms with van der Waals surface area (Å²) in [6.45, 7) is 0. The first kappa shape index (κ1) is 53.3. The van der Waals surface area contributed by atoms with Gasteiger partial charge in [0.2, 0.25) is 0 Å². The normalized spacial score (nSPS) is 7.69. The van der Waals surface area contributed by atoms with Gasteiger partial charge in [-0.25, -0.2) is 0 Å². The van der Waals surface area contributed by atoms with Gasteiger partial charge in [-0.15, -0.1) is 0 Å². The summed E-state index contributed by atoms with van der Waals surface area (Å²) < 4.78 is 140. The summed E-state index contributed by atoms with van der Waals surface area (Å²) >= 11 is -8.85. The molecule has 19 nitrogen and oxygen atoms in total. The first-order valence-corrected chi connectivity index (χ1v) is 16.4. The van der Waals surface area contributed by atoms with Crippen LogP contribution < -0.4 is 0 Å². The Kier molecular flexibility index (Phi) is 139. The van der Waals surface area contributed by atoms with Crippen molar-refractivity contribution in [1.82, 2.24) is 0 Å². The van der Waals surface area contributed by atoms with Gasteiger partial charge in [0.25, 0.3) is 0 Å². The Bertz CT molecular complexity index is 334. The topological polar surface area (TPSA) is 277 Å². The van der Waals surface area contributed by atoms with Crippen molar-refractivity contribution < 1.29 is 246 Å². The van der Waals surface area contributed by atoms with Crippen LogP contribution in [-0.4, -0.2) is 46.7 Å². The van der Waals surface area contributed by atoms with Gasteiger partial charge in [-0.1, -0.05) is 0 Å². The molecule has 0 radical (unpaired) electrons. The molecule has 0 aliphatic carbocycles. The van der Waals surface area contributed by atoms with Crippen molar-refractivity contribution >= 4 is 46.7 Å². The standard InChI is InChI=1S/Ba.12Fe.19O. The average Bonchev–Trinajstić information content (AvgIpc) is 2.81. The molecule has 32 heteroatoms. The van der Waals surface area contributed by atoms with Crippen molar-refractivity contribution in [3.05, 3.63) is 0 Å². The monoisotopic (exact) mass is 1110 g/mol. The van der Waals surface area contributed by atoms with E-state index in [1.54, 1.807) is 0 Å². The second-order valence-electron chi connectivity index (χ2n) is 1.01. The maximum atomic E-state index is 9.11. The van der Waals surface area contributed by atoms with Crippen LogP contribution in [0.25, 0.3) is 0 Å². The molecule has 0 spiro atoms. The molecule has 0 N–H and O–H groups in total. The molecule has 32 heavy (non-hydrogen) atoms. The van der Waals surface area contributed by atoms with E-state index >= 15 is 0 Å². The van der Waals surface area contributed by atoms with Gasteiger partial charge >= 0.3 is 293 Å². The molecule has 0 heterocycles. The van der Waals surface area contributed by atoms with Crippen LogP contribution in [0.15, 0.2) is 0 Å². The Morgan fingerprint density at radius 1 is 0.250 bits per heavy atom. The molecular formula is BaFe12O19. The fourth-order valence-corrected chi connectivity index (χ4v) is 0.868. The third kappa shape index (κ3) is 140. The van der Waals surface area contributed by atoms with E-state index in [4.69, 9.17) is 46.1 Å². The van der Waals surface area contributed by atoms with E-state index in [0.29, 0.717) is 0 Å². The zero-order valence-electron chi connectivity index (χ0n) is 12.7. The minimum absolute atomic E-state index is 0.222. The molecule has 0 atom stereocenters. The first-order valence-electron chi connectivity index (χ1n) is 3.75. The molecule has 212 valence electrons. The molecule has 0 aromatic rings. The van der Waals surface area contributed by atoms with Crippen molar-refractivity contribution in [3.8, 4) is 0 Å². The van der Waals surface area contributed by atoms with E-state index in [0.717, 1.165) is 0 Å². The molecule has 0 aromatic carbocycles. The second-order valence-corrected chi connectivity index (χ2v) is 8.12. The van der Waals surface area contributed by atoms with Gasteiger partial charge in [0.1, 0.15) is 0 Å². The molecule has 0 fully saturated rings. The van der Waals surface area contributed by atoms with E-state index in [1.165, 1.54) is 0 Å². The van der Waals surface area contributed by atoms with Crippen molar-refractivity contribution in [2.24, 2.45) is 0 Å². The van der Waals surface area contributed by atoms with Crippen LogP contribution in [0.5, 0.6) is 0 Å². The fourth-order valence-electron chi connectivity index (χ4n) is 0.0510. The summed E-state index contributed by atoms with van der Waals surface area (Å²) in [5, 5.41) is 0. The number of hydrogen-bond acceptors (Lipinski definition) is 19. The Hall–Kier alpha value is 4.97. The predicted molar refractivity (Wildman–Crippen MR) is 21.2 cm³/mol. The minimum atomic E-state index is -0.719. The molecule has 0 aliphatic rings. The van der Waals surface area contributed by atoms with Crippen LogP contribution in [-0.2, 0) is 246 Å². The number of hydrogen-bond donors (Lipinski definition) is 0. The molecule has 0 rings (SSSR count). The summed E-state index contributed by atoms with van der Waals surface area (Å²) in [4.78, 5) is 0. The van der Waals surface area contributed by atoms with E-state index in [1.807, 2.05) is 0 Å². The average molecular weight is 1110 g/mol. The van der Waals surface area contributed by atoms with Gasteiger partial charge in [0, 0.05) is 0 Å². The van der Waals surface area contributed by atoms with Crippen LogP contribution >= 0.6 is 0 Å². The Morgan fingerprint density at radius 3 is 0.312 bits per heavy atom. The Labute approximate surface area is 286 Å². The molecular weight excluding hydrogens is 1110 g/mol. The van der Waals surface area contributed by atoms with E-state index in [9.17, 15) is 0 Å². The molecule has 0 amide bonds. The van der Waals surface area contributed by atoms with Crippen LogP contribution in [0.2, 0.25) is 0 Å². The summed E-state index contributed by atoms with van der Waals surface area (Å²) in [6, 6.07) is 0. The SMILES string of the molecule is [O]=[Ba].[O]=[Fe][O][Fe]=[O].[O]=[Fe][O][Fe]=[O].[O]=[Fe][O][Fe]=[O].[O]=[Fe][O][Fe]=[O].[O]=[Fe][O][Fe]=[O].[O]=[Fe][O][Fe]=[O]. The third-order valence-electron chi connectivity index (χ3n) is 0.250. The van der Waals surface area contributed by atoms with Crippen molar-refractivity contribution in [2.45, 2.75) is 0 Å². The van der Waals surface area contributed by atoms with Crippen LogP contribution in [0, 0.1) is 0 Å². The molecule has 0 saturated carbocycles. The molecule has 0 aromatic heterocycles. The van der Waals surface area contributed by atoms with Gasteiger partial charge in [0.05, 0.1) is 0 Å². The summed E-state index contributed by atoms with van der Waals surface area (Å²) in [5.74, 6) is 0. The summed E-state index contributed by atoms with van der Waals surface area (Å²) in [5.41, 5.74) is 0.